The molecule has 0 amide bonds. The van der Waals surface area contributed by atoms with Crippen molar-refractivity contribution < 1.29 is 9.15 Å². The smallest absolute Gasteiger partial charge is 0.227 e. The highest BCUT2D eigenvalue weighted by molar-refractivity contribution is 9.10. The van der Waals surface area contributed by atoms with Crippen molar-refractivity contribution in [3.05, 3.63) is 39.9 Å². The molecule has 0 fully saturated rings. The van der Waals surface area contributed by atoms with Crippen LogP contribution in [0.4, 0.5) is 5.69 Å². The van der Waals surface area contributed by atoms with Gasteiger partial charge in [-0.1, -0.05) is 0 Å². The summed E-state index contributed by atoms with van der Waals surface area (Å²) in [7, 11) is 1.59. The molecule has 0 radical (unpaired) electrons. The molecule has 0 spiro atoms. The Morgan fingerprint density at radius 1 is 1.24 bits per heavy atom. The molecule has 108 valence electrons. The lowest BCUT2D eigenvalue weighted by Crippen LogP contribution is -1.92. The maximum absolute atomic E-state index is 5.94. The number of fused-ring (bicyclic) bond motifs is 1. The van der Waals surface area contributed by atoms with Crippen molar-refractivity contribution in [3.63, 3.8) is 0 Å². The van der Waals surface area contributed by atoms with Crippen LogP contribution in [0.15, 0.2) is 33.2 Å². The molecule has 0 unspecified atom stereocenters. The van der Waals surface area contributed by atoms with E-state index in [9.17, 15) is 0 Å². The number of ether oxygens (including phenoxy) is 1. The van der Waals surface area contributed by atoms with Crippen molar-refractivity contribution in [1.82, 2.24) is 4.98 Å². The first-order valence-corrected chi connectivity index (χ1v) is 7.30. The van der Waals surface area contributed by atoms with E-state index in [4.69, 9.17) is 14.9 Å². The summed E-state index contributed by atoms with van der Waals surface area (Å²) in [5.74, 6) is 1.19. The monoisotopic (exact) mass is 346 g/mol. The van der Waals surface area contributed by atoms with Crippen LogP contribution in [0.2, 0.25) is 0 Å². The standard InChI is InChI=1S/C16H15BrN2O2/c1-8-6-12-15(14(17)9(8)2)21-16(19-12)10-4-5-13(20-3)11(18)7-10/h4-7H,18H2,1-3H3. The maximum atomic E-state index is 5.94. The van der Waals surface area contributed by atoms with Gasteiger partial charge < -0.3 is 14.9 Å². The minimum atomic E-state index is 0.546. The van der Waals surface area contributed by atoms with Gasteiger partial charge in [-0.05, 0) is 65.2 Å². The Morgan fingerprint density at radius 3 is 2.67 bits per heavy atom. The van der Waals surface area contributed by atoms with E-state index in [-0.39, 0.29) is 0 Å². The van der Waals surface area contributed by atoms with E-state index in [1.165, 1.54) is 5.56 Å². The van der Waals surface area contributed by atoms with Gasteiger partial charge in [0, 0.05) is 5.56 Å². The molecule has 1 aromatic heterocycles. The van der Waals surface area contributed by atoms with E-state index in [0.29, 0.717) is 17.3 Å². The molecule has 0 bridgehead atoms. The lowest BCUT2D eigenvalue weighted by atomic mass is 10.1. The summed E-state index contributed by atoms with van der Waals surface area (Å²) in [5.41, 5.74) is 11.2. The van der Waals surface area contributed by atoms with Crippen LogP contribution in [-0.4, -0.2) is 12.1 Å². The number of benzene rings is 2. The van der Waals surface area contributed by atoms with Gasteiger partial charge in [0.1, 0.15) is 11.3 Å². The highest BCUT2D eigenvalue weighted by atomic mass is 79.9. The normalized spacial score (nSPS) is 11.0. The molecule has 0 saturated heterocycles. The van der Waals surface area contributed by atoms with Gasteiger partial charge in [0.05, 0.1) is 17.3 Å². The van der Waals surface area contributed by atoms with E-state index in [0.717, 1.165) is 26.7 Å². The number of nitrogens with zero attached hydrogens (tertiary/aromatic N) is 1. The summed E-state index contributed by atoms with van der Waals surface area (Å²) in [6.45, 7) is 4.10. The molecule has 1 heterocycles. The molecule has 2 aromatic carbocycles. The minimum absolute atomic E-state index is 0.546. The second-order valence-corrected chi connectivity index (χ2v) is 5.75. The van der Waals surface area contributed by atoms with Gasteiger partial charge in [-0.15, -0.1) is 0 Å². The number of oxazole rings is 1. The SMILES string of the molecule is COc1ccc(-c2nc3cc(C)c(C)c(Br)c3o2)cc1N. The fourth-order valence-electron chi connectivity index (χ4n) is 2.23. The summed E-state index contributed by atoms with van der Waals surface area (Å²) in [6, 6.07) is 7.52. The zero-order chi connectivity index (χ0) is 15.1. The van der Waals surface area contributed by atoms with Gasteiger partial charge in [-0.25, -0.2) is 4.98 Å². The summed E-state index contributed by atoms with van der Waals surface area (Å²) in [6.07, 6.45) is 0. The van der Waals surface area contributed by atoms with Gasteiger partial charge in [0.15, 0.2) is 5.58 Å². The predicted octanol–water partition coefficient (Wildman–Crippen LogP) is 4.46. The summed E-state index contributed by atoms with van der Waals surface area (Å²) < 4.78 is 12.0. The Bertz CT molecular complexity index is 840. The Balaban J connectivity index is 2.17. The number of hydrogen-bond acceptors (Lipinski definition) is 4. The van der Waals surface area contributed by atoms with Crippen molar-refractivity contribution in [1.29, 1.82) is 0 Å². The molecule has 0 atom stereocenters. The highest BCUT2D eigenvalue weighted by Crippen LogP contribution is 2.34. The van der Waals surface area contributed by atoms with Crippen molar-refractivity contribution >= 4 is 32.7 Å². The van der Waals surface area contributed by atoms with Crippen molar-refractivity contribution in [2.75, 3.05) is 12.8 Å². The Kier molecular flexibility index (Phi) is 3.37. The van der Waals surface area contributed by atoms with Gasteiger partial charge in [-0.3, -0.25) is 0 Å². The number of rotatable bonds is 2. The molecule has 2 N–H and O–H groups in total. The van der Waals surface area contributed by atoms with Crippen LogP contribution < -0.4 is 10.5 Å². The zero-order valence-electron chi connectivity index (χ0n) is 12.0. The van der Waals surface area contributed by atoms with E-state index in [2.05, 4.69) is 27.8 Å². The molecule has 3 aromatic rings. The Labute approximate surface area is 131 Å². The first kappa shape index (κ1) is 13.9. The largest absolute Gasteiger partial charge is 0.495 e. The van der Waals surface area contributed by atoms with Gasteiger partial charge in [0.25, 0.3) is 0 Å². The molecule has 4 nitrogen and oxygen atoms in total. The van der Waals surface area contributed by atoms with Crippen LogP contribution in [0.25, 0.3) is 22.6 Å². The Morgan fingerprint density at radius 2 is 2.00 bits per heavy atom. The number of halogens is 1. The van der Waals surface area contributed by atoms with E-state index >= 15 is 0 Å². The summed E-state index contributed by atoms with van der Waals surface area (Å²) >= 11 is 3.58. The molecule has 0 saturated carbocycles. The topological polar surface area (TPSA) is 61.3 Å². The summed E-state index contributed by atoms with van der Waals surface area (Å²) in [5, 5.41) is 0. The third-order valence-corrected chi connectivity index (χ3v) is 4.56. The van der Waals surface area contributed by atoms with Crippen LogP contribution >= 0.6 is 15.9 Å². The number of anilines is 1. The molecule has 5 heteroatoms. The average Bonchev–Trinajstić information content (AvgIpc) is 2.89. The second kappa shape index (κ2) is 5.07. The maximum Gasteiger partial charge on any atom is 0.227 e. The predicted molar refractivity (Wildman–Crippen MR) is 87.6 cm³/mol. The first-order valence-electron chi connectivity index (χ1n) is 6.51. The molecular formula is C16H15BrN2O2. The Hall–Kier alpha value is -2.01. The van der Waals surface area contributed by atoms with Crippen molar-refractivity contribution in [3.8, 4) is 17.2 Å². The van der Waals surface area contributed by atoms with Gasteiger partial charge in [0.2, 0.25) is 5.89 Å². The first-order chi connectivity index (χ1) is 10.0. The fourth-order valence-corrected chi connectivity index (χ4v) is 2.83. The van der Waals surface area contributed by atoms with Crippen molar-refractivity contribution in [2.24, 2.45) is 0 Å². The number of nitrogens with two attached hydrogens (primary N) is 1. The number of nitrogen functional groups attached to an aromatic ring is 1. The van der Waals surface area contributed by atoms with E-state index < -0.39 is 0 Å². The number of methoxy groups -OCH3 is 1. The van der Waals surface area contributed by atoms with Crippen LogP contribution in [-0.2, 0) is 0 Å². The summed E-state index contributed by atoms with van der Waals surface area (Å²) in [4.78, 5) is 4.55. The number of hydrogen-bond donors (Lipinski definition) is 1. The third kappa shape index (κ3) is 2.27. The number of aromatic nitrogens is 1. The van der Waals surface area contributed by atoms with Crippen molar-refractivity contribution in [2.45, 2.75) is 13.8 Å². The van der Waals surface area contributed by atoms with E-state index in [1.54, 1.807) is 13.2 Å². The zero-order valence-corrected chi connectivity index (χ0v) is 13.6. The minimum Gasteiger partial charge on any atom is -0.495 e. The molecule has 0 aliphatic heterocycles. The molecule has 0 aliphatic rings. The molecule has 3 rings (SSSR count). The lowest BCUT2D eigenvalue weighted by molar-refractivity contribution is 0.417. The second-order valence-electron chi connectivity index (χ2n) is 4.96. The van der Waals surface area contributed by atoms with Crippen LogP contribution in [0.5, 0.6) is 5.75 Å². The molecular weight excluding hydrogens is 332 g/mol. The van der Waals surface area contributed by atoms with Crippen LogP contribution in [0.1, 0.15) is 11.1 Å². The number of aryl methyl sites for hydroxylation is 1. The van der Waals surface area contributed by atoms with Crippen LogP contribution in [0, 0.1) is 13.8 Å². The average molecular weight is 347 g/mol. The van der Waals surface area contributed by atoms with Gasteiger partial charge in [-0.2, -0.15) is 0 Å². The molecule has 0 aliphatic carbocycles. The van der Waals surface area contributed by atoms with E-state index in [1.807, 2.05) is 25.1 Å². The van der Waals surface area contributed by atoms with Crippen LogP contribution in [0.3, 0.4) is 0 Å². The fraction of sp³-hybridized carbons (Fsp3) is 0.188. The van der Waals surface area contributed by atoms with Gasteiger partial charge >= 0.3 is 0 Å². The quantitative estimate of drug-likeness (QED) is 0.695. The molecule has 21 heavy (non-hydrogen) atoms. The lowest BCUT2D eigenvalue weighted by Gasteiger charge is -2.04. The third-order valence-electron chi connectivity index (χ3n) is 3.60. The highest BCUT2D eigenvalue weighted by Gasteiger charge is 2.14.